The van der Waals surface area contributed by atoms with Gasteiger partial charge in [-0.1, -0.05) is 48.6 Å². The van der Waals surface area contributed by atoms with E-state index in [9.17, 15) is 4.79 Å². The number of alkyl carbamates (subject to hydrolysis) is 1. The highest BCUT2D eigenvalue weighted by atomic mass is 16.6. The van der Waals surface area contributed by atoms with Gasteiger partial charge in [0.15, 0.2) is 0 Å². The highest BCUT2D eigenvalue weighted by Crippen LogP contribution is 2.10. The zero-order chi connectivity index (χ0) is 18.2. The Bertz CT molecular complexity index is 547. The number of amides is 1. The van der Waals surface area contributed by atoms with Crippen LogP contribution in [0.3, 0.4) is 0 Å². The van der Waals surface area contributed by atoms with Gasteiger partial charge in [-0.2, -0.15) is 0 Å². The predicted molar refractivity (Wildman–Crippen MR) is 99.9 cm³/mol. The lowest BCUT2D eigenvalue weighted by molar-refractivity contribution is 0.0505. The molecule has 24 heavy (non-hydrogen) atoms. The van der Waals surface area contributed by atoms with Crippen molar-refractivity contribution in [1.29, 1.82) is 0 Å². The van der Waals surface area contributed by atoms with Crippen molar-refractivity contribution < 1.29 is 9.53 Å². The van der Waals surface area contributed by atoms with Crippen molar-refractivity contribution in [3.8, 4) is 0 Å². The van der Waals surface area contributed by atoms with Crippen LogP contribution in [-0.4, -0.2) is 35.7 Å². The molecule has 1 aromatic rings. The first kappa shape index (κ1) is 20.0. The third kappa shape index (κ3) is 8.53. The molecule has 0 unspecified atom stereocenters. The average Bonchev–Trinajstić information content (AvgIpc) is 2.44. The predicted octanol–water partition coefficient (Wildman–Crippen LogP) is 4.14. The Labute approximate surface area is 146 Å². The monoisotopic (exact) mass is 330 g/mol. The molecule has 1 N–H and O–H groups in total. The molecule has 0 aliphatic carbocycles. The lowest BCUT2D eigenvalue weighted by Crippen LogP contribution is -2.44. The van der Waals surface area contributed by atoms with Crippen LogP contribution in [0.4, 0.5) is 4.79 Å². The van der Waals surface area contributed by atoms with E-state index in [1.54, 1.807) is 6.08 Å². The lowest BCUT2D eigenvalue weighted by atomic mass is 10.1. The molecule has 0 heterocycles. The summed E-state index contributed by atoms with van der Waals surface area (Å²) in [6.45, 7) is 17.6. The van der Waals surface area contributed by atoms with E-state index in [0.29, 0.717) is 6.54 Å². The van der Waals surface area contributed by atoms with Crippen molar-refractivity contribution in [1.82, 2.24) is 10.2 Å². The first-order chi connectivity index (χ1) is 11.2. The zero-order valence-corrected chi connectivity index (χ0v) is 15.3. The Morgan fingerprint density at radius 2 is 1.96 bits per heavy atom. The van der Waals surface area contributed by atoms with Crippen LogP contribution in [0.25, 0.3) is 0 Å². The van der Waals surface area contributed by atoms with Gasteiger partial charge in [0.2, 0.25) is 0 Å². The standard InChI is InChI=1S/C20H30N2O2/c1-7-18(21-19(23)24-20(4,5)6)15-22(13-16(2)3)14-17-11-9-8-10-12-17/h7-12,18H,1-2,13-15H2,3-6H3,(H,21,23)/t18-/m0/s1. The number of benzene rings is 1. The summed E-state index contributed by atoms with van der Waals surface area (Å²) in [5.41, 5.74) is 1.78. The summed E-state index contributed by atoms with van der Waals surface area (Å²) in [6, 6.07) is 10.0. The molecule has 4 heteroatoms. The van der Waals surface area contributed by atoms with E-state index < -0.39 is 11.7 Å². The van der Waals surface area contributed by atoms with Crippen LogP contribution < -0.4 is 5.32 Å². The Kier molecular flexibility index (Phi) is 7.72. The van der Waals surface area contributed by atoms with Crippen LogP contribution in [0.5, 0.6) is 0 Å². The highest BCUT2D eigenvalue weighted by Gasteiger charge is 2.19. The van der Waals surface area contributed by atoms with E-state index in [1.807, 2.05) is 45.9 Å². The van der Waals surface area contributed by atoms with E-state index in [1.165, 1.54) is 5.56 Å². The molecule has 132 valence electrons. The molecular weight excluding hydrogens is 300 g/mol. The van der Waals surface area contributed by atoms with Crippen LogP contribution in [0, 0.1) is 0 Å². The van der Waals surface area contributed by atoms with Gasteiger partial charge in [-0.05, 0) is 33.3 Å². The van der Waals surface area contributed by atoms with E-state index in [4.69, 9.17) is 4.74 Å². The van der Waals surface area contributed by atoms with Gasteiger partial charge in [0.05, 0.1) is 6.04 Å². The number of carbonyl (C=O) groups is 1. The minimum Gasteiger partial charge on any atom is -0.444 e. The Hall–Kier alpha value is -2.07. The van der Waals surface area contributed by atoms with Gasteiger partial charge in [0, 0.05) is 19.6 Å². The fraction of sp³-hybridized carbons (Fsp3) is 0.450. The van der Waals surface area contributed by atoms with Crippen LogP contribution >= 0.6 is 0 Å². The van der Waals surface area contributed by atoms with Gasteiger partial charge in [0.25, 0.3) is 0 Å². The number of hydrogen-bond donors (Lipinski definition) is 1. The molecule has 1 amide bonds. The number of ether oxygens (including phenoxy) is 1. The Morgan fingerprint density at radius 3 is 2.46 bits per heavy atom. The molecule has 0 radical (unpaired) electrons. The van der Waals surface area contributed by atoms with Crippen LogP contribution in [0.2, 0.25) is 0 Å². The van der Waals surface area contributed by atoms with Crippen molar-refractivity contribution in [2.24, 2.45) is 0 Å². The molecule has 0 aliphatic heterocycles. The van der Waals surface area contributed by atoms with Crippen molar-refractivity contribution in [3.05, 3.63) is 60.7 Å². The van der Waals surface area contributed by atoms with Crippen molar-refractivity contribution in [2.45, 2.75) is 45.9 Å². The summed E-state index contributed by atoms with van der Waals surface area (Å²) in [4.78, 5) is 14.2. The summed E-state index contributed by atoms with van der Waals surface area (Å²) < 4.78 is 5.32. The molecule has 0 bridgehead atoms. The SMILES string of the molecule is C=C[C@@H](CN(CC(=C)C)Cc1ccccc1)NC(=O)OC(C)(C)C. The number of rotatable bonds is 8. The maximum atomic E-state index is 12.0. The molecule has 1 aromatic carbocycles. The molecule has 0 spiro atoms. The molecule has 0 fully saturated rings. The van der Waals surface area contributed by atoms with Gasteiger partial charge >= 0.3 is 6.09 Å². The molecule has 4 nitrogen and oxygen atoms in total. The maximum absolute atomic E-state index is 12.0. The fourth-order valence-corrected chi connectivity index (χ4v) is 2.32. The van der Waals surface area contributed by atoms with Gasteiger partial charge in [0.1, 0.15) is 5.60 Å². The van der Waals surface area contributed by atoms with Crippen LogP contribution in [-0.2, 0) is 11.3 Å². The van der Waals surface area contributed by atoms with Crippen molar-refractivity contribution in [2.75, 3.05) is 13.1 Å². The fourth-order valence-electron chi connectivity index (χ4n) is 2.32. The molecular formula is C20H30N2O2. The second kappa shape index (κ2) is 9.28. The number of hydrogen-bond acceptors (Lipinski definition) is 3. The Morgan fingerprint density at radius 1 is 1.33 bits per heavy atom. The van der Waals surface area contributed by atoms with E-state index >= 15 is 0 Å². The summed E-state index contributed by atoms with van der Waals surface area (Å²) in [5.74, 6) is 0. The number of nitrogens with one attached hydrogen (secondary N) is 1. The van der Waals surface area contributed by atoms with Crippen LogP contribution in [0.15, 0.2) is 55.1 Å². The molecule has 0 aromatic heterocycles. The third-order valence-electron chi connectivity index (χ3n) is 3.18. The summed E-state index contributed by atoms with van der Waals surface area (Å²) in [7, 11) is 0. The van der Waals surface area contributed by atoms with E-state index in [-0.39, 0.29) is 6.04 Å². The van der Waals surface area contributed by atoms with Crippen molar-refractivity contribution in [3.63, 3.8) is 0 Å². The first-order valence-corrected chi connectivity index (χ1v) is 8.22. The second-order valence-electron chi connectivity index (χ2n) is 7.10. The summed E-state index contributed by atoms with van der Waals surface area (Å²) in [6.07, 6.45) is 1.31. The van der Waals surface area contributed by atoms with Gasteiger partial charge in [-0.25, -0.2) is 4.79 Å². The van der Waals surface area contributed by atoms with Gasteiger partial charge in [-0.3, -0.25) is 4.90 Å². The maximum Gasteiger partial charge on any atom is 0.408 e. The van der Waals surface area contributed by atoms with Crippen LogP contribution in [0.1, 0.15) is 33.3 Å². The molecule has 1 atom stereocenters. The van der Waals surface area contributed by atoms with Gasteiger partial charge < -0.3 is 10.1 Å². The smallest absolute Gasteiger partial charge is 0.408 e. The molecule has 1 rings (SSSR count). The number of nitrogens with zero attached hydrogens (tertiary/aromatic N) is 1. The zero-order valence-electron chi connectivity index (χ0n) is 15.3. The van der Waals surface area contributed by atoms with E-state index in [2.05, 4.69) is 35.5 Å². The highest BCUT2D eigenvalue weighted by molar-refractivity contribution is 5.68. The quantitative estimate of drug-likeness (QED) is 0.728. The summed E-state index contributed by atoms with van der Waals surface area (Å²) in [5, 5.41) is 2.86. The van der Waals surface area contributed by atoms with E-state index in [0.717, 1.165) is 18.7 Å². The third-order valence-corrected chi connectivity index (χ3v) is 3.18. The topological polar surface area (TPSA) is 41.6 Å². The molecule has 0 saturated heterocycles. The average molecular weight is 330 g/mol. The summed E-state index contributed by atoms with van der Waals surface area (Å²) >= 11 is 0. The largest absolute Gasteiger partial charge is 0.444 e. The minimum atomic E-state index is -0.517. The minimum absolute atomic E-state index is 0.192. The second-order valence-corrected chi connectivity index (χ2v) is 7.10. The lowest BCUT2D eigenvalue weighted by Gasteiger charge is -2.28. The van der Waals surface area contributed by atoms with Gasteiger partial charge in [-0.15, -0.1) is 6.58 Å². The number of carbonyl (C=O) groups excluding carboxylic acids is 1. The first-order valence-electron chi connectivity index (χ1n) is 8.22. The van der Waals surface area contributed by atoms with Crippen molar-refractivity contribution >= 4 is 6.09 Å². The molecule has 0 saturated carbocycles. The normalized spacial score (nSPS) is 12.5. The Balaban J connectivity index is 2.70. The molecule has 0 aliphatic rings.